The van der Waals surface area contributed by atoms with Crippen LogP contribution in [0.4, 0.5) is 5.82 Å². The number of aromatic nitrogens is 4. The van der Waals surface area contributed by atoms with E-state index in [-0.39, 0.29) is 6.04 Å². The van der Waals surface area contributed by atoms with E-state index in [2.05, 4.69) is 59.6 Å². The van der Waals surface area contributed by atoms with Gasteiger partial charge in [0.2, 0.25) is 0 Å². The van der Waals surface area contributed by atoms with E-state index in [9.17, 15) is 0 Å². The van der Waals surface area contributed by atoms with Crippen LogP contribution in [0.1, 0.15) is 18.7 Å². The Hall–Kier alpha value is -3.06. The molecule has 140 valence electrons. The number of halogens is 1. The van der Waals surface area contributed by atoms with E-state index in [0.29, 0.717) is 5.75 Å². The van der Waals surface area contributed by atoms with E-state index in [0.717, 1.165) is 38.0 Å². The summed E-state index contributed by atoms with van der Waals surface area (Å²) in [6, 6.07) is 16.0. The number of hydrogen-bond donors (Lipinski definition) is 1. The van der Waals surface area contributed by atoms with Crippen molar-refractivity contribution in [3.63, 3.8) is 0 Å². The molecule has 0 aliphatic heterocycles. The Morgan fingerprint density at radius 2 is 1.86 bits per heavy atom. The molecule has 6 nitrogen and oxygen atoms in total. The van der Waals surface area contributed by atoms with Gasteiger partial charge in [0.25, 0.3) is 0 Å². The van der Waals surface area contributed by atoms with Crippen LogP contribution < -0.4 is 10.1 Å². The average Bonchev–Trinajstić information content (AvgIpc) is 2.74. The summed E-state index contributed by atoms with van der Waals surface area (Å²) in [4.78, 5) is 8.89. The SMILES string of the molecule is COc1cc(-c2ccc(Br)cc2)cc2c(N[C@H](C)c3cccnn3)ncnc12. The molecular weight excluding hydrogens is 418 g/mol. The smallest absolute Gasteiger partial charge is 0.145 e. The van der Waals surface area contributed by atoms with Crippen LogP contribution in [0.5, 0.6) is 5.75 Å². The Morgan fingerprint density at radius 1 is 1.04 bits per heavy atom. The second-order valence-electron chi connectivity index (χ2n) is 6.32. The lowest BCUT2D eigenvalue weighted by Gasteiger charge is -2.16. The third-order valence-electron chi connectivity index (χ3n) is 4.49. The topological polar surface area (TPSA) is 72.8 Å². The minimum absolute atomic E-state index is 0.0610. The molecule has 4 rings (SSSR count). The first-order valence-electron chi connectivity index (χ1n) is 8.78. The summed E-state index contributed by atoms with van der Waals surface area (Å²) in [5.74, 6) is 1.42. The van der Waals surface area contributed by atoms with Crippen molar-refractivity contribution in [2.75, 3.05) is 12.4 Å². The van der Waals surface area contributed by atoms with Gasteiger partial charge in [-0.25, -0.2) is 9.97 Å². The van der Waals surface area contributed by atoms with Crippen LogP contribution in [0.25, 0.3) is 22.0 Å². The Morgan fingerprint density at radius 3 is 2.57 bits per heavy atom. The van der Waals surface area contributed by atoms with E-state index < -0.39 is 0 Å². The Kier molecular flexibility index (Phi) is 5.16. The van der Waals surface area contributed by atoms with E-state index in [1.807, 2.05) is 37.3 Å². The van der Waals surface area contributed by atoms with Crippen molar-refractivity contribution < 1.29 is 4.74 Å². The number of rotatable bonds is 5. The maximum atomic E-state index is 5.61. The lowest BCUT2D eigenvalue weighted by Crippen LogP contribution is -2.10. The normalized spacial score (nSPS) is 12.0. The number of nitrogens with one attached hydrogen (secondary N) is 1. The summed E-state index contributed by atoms with van der Waals surface area (Å²) in [5.41, 5.74) is 3.71. The molecule has 0 saturated heterocycles. The summed E-state index contributed by atoms with van der Waals surface area (Å²) in [7, 11) is 1.65. The van der Waals surface area contributed by atoms with Crippen molar-refractivity contribution in [1.29, 1.82) is 0 Å². The minimum atomic E-state index is -0.0610. The summed E-state index contributed by atoms with van der Waals surface area (Å²) < 4.78 is 6.64. The predicted molar refractivity (Wildman–Crippen MR) is 113 cm³/mol. The van der Waals surface area contributed by atoms with Gasteiger partial charge in [-0.3, -0.25) is 0 Å². The Bertz CT molecular complexity index is 1100. The molecule has 0 amide bonds. The monoisotopic (exact) mass is 435 g/mol. The lowest BCUT2D eigenvalue weighted by molar-refractivity contribution is 0.419. The fourth-order valence-electron chi connectivity index (χ4n) is 3.04. The quantitative estimate of drug-likeness (QED) is 0.473. The van der Waals surface area contributed by atoms with Gasteiger partial charge in [0.1, 0.15) is 23.4 Å². The van der Waals surface area contributed by atoms with Crippen LogP contribution in [0, 0.1) is 0 Å². The molecule has 2 heterocycles. The molecule has 0 saturated carbocycles. The van der Waals surface area contributed by atoms with E-state index in [4.69, 9.17) is 4.74 Å². The molecule has 2 aromatic carbocycles. The first-order valence-corrected chi connectivity index (χ1v) is 9.58. The van der Waals surface area contributed by atoms with Crippen molar-refractivity contribution >= 4 is 32.7 Å². The van der Waals surface area contributed by atoms with Gasteiger partial charge in [-0.2, -0.15) is 10.2 Å². The summed E-state index contributed by atoms with van der Waals surface area (Å²) in [5, 5.41) is 12.4. The largest absolute Gasteiger partial charge is 0.494 e. The predicted octanol–water partition coefficient (Wildman–Crippen LogP) is 5.03. The van der Waals surface area contributed by atoms with Crippen LogP contribution in [0.15, 0.2) is 65.5 Å². The number of ether oxygens (including phenoxy) is 1. The number of nitrogens with zero attached hydrogens (tertiary/aromatic N) is 4. The molecule has 0 bridgehead atoms. The minimum Gasteiger partial charge on any atom is -0.494 e. The van der Waals surface area contributed by atoms with Gasteiger partial charge in [-0.05, 0) is 54.4 Å². The van der Waals surface area contributed by atoms with Crippen LogP contribution in [-0.4, -0.2) is 27.3 Å². The van der Waals surface area contributed by atoms with Gasteiger partial charge in [0, 0.05) is 16.1 Å². The highest BCUT2D eigenvalue weighted by atomic mass is 79.9. The molecule has 0 radical (unpaired) electrons. The summed E-state index contributed by atoms with van der Waals surface area (Å²) >= 11 is 3.48. The number of anilines is 1. The van der Waals surface area contributed by atoms with Gasteiger partial charge >= 0.3 is 0 Å². The third kappa shape index (κ3) is 3.66. The van der Waals surface area contributed by atoms with E-state index in [1.54, 1.807) is 13.3 Å². The van der Waals surface area contributed by atoms with Crippen LogP contribution >= 0.6 is 15.9 Å². The van der Waals surface area contributed by atoms with Gasteiger partial charge < -0.3 is 10.1 Å². The van der Waals surface area contributed by atoms with Crippen LogP contribution in [0.3, 0.4) is 0 Å². The number of benzene rings is 2. The maximum Gasteiger partial charge on any atom is 0.145 e. The van der Waals surface area contributed by atoms with E-state index in [1.165, 1.54) is 6.33 Å². The molecule has 4 aromatic rings. The van der Waals surface area contributed by atoms with Crippen molar-refractivity contribution in [2.45, 2.75) is 13.0 Å². The number of hydrogen-bond acceptors (Lipinski definition) is 6. The van der Waals surface area contributed by atoms with Gasteiger partial charge in [-0.15, -0.1) is 0 Å². The third-order valence-corrected chi connectivity index (χ3v) is 5.02. The first-order chi connectivity index (χ1) is 13.7. The highest BCUT2D eigenvalue weighted by Crippen LogP contribution is 2.35. The molecule has 1 atom stereocenters. The number of fused-ring (bicyclic) bond motifs is 1. The standard InChI is InChI=1S/C21H18BrN5O/c1-13(18-4-3-9-25-27-18)26-21-17-10-15(14-5-7-16(22)8-6-14)11-19(28-2)20(17)23-12-24-21/h3-13H,1-2H3,(H,23,24,26)/t13-/m1/s1. The van der Waals surface area contributed by atoms with Gasteiger partial charge in [0.15, 0.2) is 0 Å². The van der Waals surface area contributed by atoms with Gasteiger partial charge in [-0.1, -0.05) is 28.1 Å². The van der Waals surface area contributed by atoms with Gasteiger partial charge in [0.05, 0.1) is 18.8 Å². The van der Waals surface area contributed by atoms with Crippen molar-refractivity contribution in [2.24, 2.45) is 0 Å². The second kappa shape index (κ2) is 7.90. The second-order valence-corrected chi connectivity index (χ2v) is 7.23. The van der Waals surface area contributed by atoms with Crippen molar-refractivity contribution in [3.05, 3.63) is 71.2 Å². The zero-order chi connectivity index (χ0) is 19.5. The molecule has 2 aromatic heterocycles. The molecule has 0 fully saturated rings. The van der Waals surface area contributed by atoms with Crippen LogP contribution in [0.2, 0.25) is 0 Å². The summed E-state index contributed by atoms with van der Waals surface area (Å²) in [6.45, 7) is 2.02. The zero-order valence-electron chi connectivity index (χ0n) is 15.4. The number of methoxy groups -OCH3 is 1. The highest BCUT2D eigenvalue weighted by molar-refractivity contribution is 9.10. The fourth-order valence-corrected chi connectivity index (χ4v) is 3.30. The summed E-state index contributed by atoms with van der Waals surface area (Å²) in [6.07, 6.45) is 3.20. The Balaban J connectivity index is 1.81. The maximum absolute atomic E-state index is 5.61. The molecule has 28 heavy (non-hydrogen) atoms. The fraction of sp³-hybridized carbons (Fsp3) is 0.143. The van der Waals surface area contributed by atoms with Crippen LogP contribution in [-0.2, 0) is 0 Å². The van der Waals surface area contributed by atoms with Crippen molar-refractivity contribution in [1.82, 2.24) is 20.2 Å². The lowest BCUT2D eigenvalue weighted by atomic mass is 10.0. The van der Waals surface area contributed by atoms with Crippen molar-refractivity contribution in [3.8, 4) is 16.9 Å². The molecule has 7 heteroatoms. The molecule has 0 spiro atoms. The zero-order valence-corrected chi connectivity index (χ0v) is 17.0. The molecule has 0 unspecified atom stereocenters. The molecule has 0 aliphatic carbocycles. The molecule has 0 aliphatic rings. The average molecular weight is 436 g/mol. The molecular formula is C21H18BrN5O. The Labute approximate surface area is 171 Å². The van der Waals surface area contributed by atoms with E-state index >= 15 is 0 Å². The molecule has 1 N–H and O–H groups in total. The highest BCUT2D eigenvalue weighted by Gasteiger charge is 2.15. The first kappa shape index (κ1) is 18.3.